The minimum absolute atomic E-state index is 0.102. The zero-order chi connectivity index (χ0) is 22.7. The molecule has 2 aliphatic heterocycles. The van der Waals surface area contributed by atoms with Crippen LogP contribution >= 0.6 is 11.8 Å². The molecule has 2 heterocycles. The Hall–Kier alpha value is -3.10. The number of carbonyl (C=O) groups is 3. The number of β-lactam (4-membered cyclic amide) rings is 1. The first-order chi connectivity index (χ1) is 15.5. The van der Waals surface area contributed by atoms with Crippen molar-refractivity contribution in [2.24, 2.45) is 0 Å². The first-order valence-corrected chi connectivity index (χ1v) is 11.2. The van der Waals surface area contributed by atoms with Gasteiger partial charge in [0.15, 0.2) is 0 Å². The van der Waals surface area contributed by atoms with Gasteiger partial charge >= 0.3 is 5.97 Å². The van der Waals surface area contributed by atoms with E-state index in [1.54, 1.807) is 14.0 Å². The van der Waals surface area contributed by atoms with E-state index in [1.165, 1.54) is 16.7 Å². The molecular weight excluding hydrogens is 428 g/mol. The summed E-state index contributed by atoms with van der Waals surface area (Å²) in [6.07, 6.45) is 0.177. The van der Waals surface area contributed by atoms with Gasteiger partial charge < -0.3 is 14.8 Å². The summed E-state index contributed by atoms with van der Waals surface area (Å²) in [5, 5.41) is 2.37. The van der Waals surface area contributed by atoms with Crippen LogP contribution in [0.1, 0.15) is 18.1 Å². The summed E-state index contributed by atoms with van der Waals surface area (Å²) >= 11 is 1.39. The average molecular weight is 453 g/mol. The number of nitrogens with zero attached hydrogens (tertiary/aromatic N) is 1. The molecule has 2 aromatic rings. The molecule has 1 saturated heterocycles. The van der Waals surface area contributed by atoms with E-state index >= 15 is 0 Å². The van der Waals surface area contributed by atoms with E-state index in [9.17, 15) is 14.4 Å². The molecule has 0 aromatic heterocycles. The Kier molecular flexibility index (Phi) is 6.62. The second-order valence-electron chi connectivity index (χ2n) is 7.60. The van der Waals surface area contributed by atoms with Crippen molar-refractivity contribution in [2.45, 2.75) is 36.8 Å². The fourth-order valence-electron chi connectivity index (χ4n) is 3.79. The van der Waals surface area contributed by atoms with Crippen molar-refractivity contribution in [1.82, 2.24) is 10.2 Å². The predicted molar refractivity (Wildman–Crippen MR) is 120 cm³/mol. The second kappa shape index (κ2) is 9.58. The van der Waals surface area contributed by atoms with Gasteiger partial charge in [-0.25, -0.2) is 4.79 Å². The standard InChI is InChI=1S/C24H24N2O5S/c1-15-20(23(29)31-14-17-11-7-4-8-12-17)26-21(28)19(22(26)32-24(15)30-2)25-18(27)13-16-9-5-3-6-10-16/h3-12,19,22,24H,13-14H2,1-2H3,(H,25,27)/t19?,22-,24-/m0/s1. The van der Waals surface area contributed by atoms with Crippen LogP contribution in [0.15, 0.2) is 71.9 Å². The van der Waals surface area contributed by atoms with Gasteiger partial charge in [-0.2, -0.15) is 0 Å². The van der Waals surface area contributed by atoms with Crippen LogP contribution in [0.2, 0.25) is 0 Å². The van der Waals surface area contributed by atoms with Crippen LogP contribution in [0.5, 0.6) is 0 Å². The summed E-state index contributed by atoms with van der Waals surface area (Å²) in [5.41, 5.74) is 2.10. The second-order valence-corrected chi connectivity index (χ2v) is 8.79. The van der Waals surface area contributed by atoms with E-state index in [-0.39, 0.29) is 30.5 Å². The maximum absolute atomic E-state index is 12.9. The molecule has 0 radical (unpaired) electrons. The van der Waals surface area contributed by atoms with Crippen molar-refractivity contribution in [3.05, 3.63) is 83.1 Å². The van der Waals surface area contributed by atoms with Crippen LogP contribution in [-0.2, 0) is 36.9 Å². The Morgan fingerprint density at radius 3 is 2.28 bits per heavy atom. The first kappa shape index (κ1) is 22.1. The molecule has 3 atom stereocenters. The number of rotatable bonds is 7. The Morgan fingerprint density at radius 2 is 1.66 bits per heavy atom. The lowest BCUT2D eigenvalue weighted by Crippen LogP contribution is -2.71. The van der Waals surface area contributed by atoms with Crippen LogP contribution in [0.4, 0.5) is 0 Å². The van der Waals surface area contributed by atoms with Crippen molar-refractivity contribution < 1.29 is 23.9 Å². The smallest absolute Gasteiger partial charge is 0.355 e. The monoisotopic (exact) mass is 452 g/mol. The number of thioether (sulfide) groups is 1. The maximum Gasteiger partial charge on any atom is 0.355 e. The van der Waals surface area contributed by atoms with E-state index in [0.29, 0.717) is 5.57 Å². The molecule has 0 spiro atoms. The van der Waals surface area contributed by atoms with Crippen LogP contribution < -0.4 is 5.32 Å². The number of benzene rings is 2. The van der Waals surface area contributed by atoms with E-state index in [4.69, 9.17) is 9.47 Å². The first-order valence-electron chi connectivity index (χ1n) is 10.3. The summed E-state index contributed by atoms with van der Waals surface area (Å²) in [6.45, 7) is 1.86. The number of fused-ring (bicyclic) bond motifs is 1. The average Bonchev–Trinajstić information content (AvgIpc) is 2.82. The number of methoxy groups -OCH3 is 1. The van der Waals surface area contributed by atoms with Gasteiger partial charge in [0.2, 0.25) is 5.91 Å². The number of hydrogen-bond donors (Lipinski definition) is 1. The highest BCUT2D eigenvalue weighted by molar-refractivity contribution is 8.00. The van der Waals surface area contributed by atoms with Crippen LogP contribution in [0.25, 0.3) is 0 Å². The highest BCUT2D eigenvalue weighted by Crippen LogP contribution is 2.44. The molecule has 0 aliphatic carbocycles. The third-order valence-corrected chi connectivity index (χ3v) is 6.97. The van der Waals surface area contributed by atoms with Crippen molar-refractivity contribution in [3.8, 4) is 0 Å². The fourth-order valence-corrected chi connectivity index (χ4v) is 5.15. The van der Waals surface area contributed by atoms with E-state index in [2.05, 4.69) is 5.32 Å². The normalized spacial score (nSPS) is 22.1. The van der Waals surface area contributed by atoms with Crippen molar-refractivity contribution >= 4 is 29.5 Å². The molecular formula is C24H24N2O5S. The molecule has 1 unspecified atom stereocenters. The van der Waals surface area contributed by atoms with Crippen molar-refractivity contribution in [3.63, 3.8) is 0 Å². The third-order valence-electron chi connectivity index (χ3n) is 5.42. The summed E-state index contributed by atoms with van der Waals surface area (Å²) in [4.78, 5) is 39.8. The van der Waals surface area contributed by atoms with Gasteiger partial charge in [0.05, 0.1) is 6.42 Å². The number of ether oxygens (including phenoxy) is 2. The van der Waals surface area contributed by atoms with Crippen molar-refractivity contribution in [1.29, 1.82) is 0 Å². The molecule has 1 N–H and O–H groups in total. The molecule has 0 saturated carbocycles. The van der Waals surface area contributed by atoms with Gasteiger partial charge in [0.1, 0.15) is 29.2 Å². The molecule has 2 amide bonds. The number of esters is 1. The Labute approximate surface area is 190 Å². The van der Waals surface area contributed by atoms with E-state index in [1.807, 2.05) is 60.7 Å². The maximum atomic E-state index is 12.9. The number of carbonyl (C=O) groups excluding carboxylic acids is 3. The summed E-state index contributed by atoms with van der Waals surface area (Å²) in [6, 6.07) is 17.9. The molecule has 1 fully saturated rings. The van der Waals surface area contributed by atoms with Gasteiger partial charge in [0, 0.05) is 7.11 Å². The molecule has 8 heteroatoms. The van der Waals surface area contributed by atoms with E-state index in [0.717, 1.165) is 11.1 Å². The highest BCUT2D eigenvalue weighted by Gasteiger charge is 2.56. The Balaban J connectivity index is 1.46. The molecule has 2 aliphatic rings. The van der Waals surface area contributed by atoms with Crippen LogP contribution in [0, 0.1) is 0 Å². The van der Waals surface area contributed by atoms with Crippen LogP contribution in [0.3, 0.4) is 0 Å². The Morgan fingerprint density at radius 1 is 1.03 bits per heavy atom. The molecule has 166 valence electrons. The lowest BCUT2D eigenvalue weighted by atomic mass is 10.0. The van der Waals surface area contributed by atoms with Crippen molar-refractivity contribution in [2.75, 3.05) is 7.11 Å². The SMILES string of the molecule is CO[C@H]1S[C@H]2C(NC(=O)Cc3ccccc3)C(=O)N2C(C(=O)OCc2ccccc2)=C1C. The minimum Gasteiger partial charge on any atom is -0.456 e. The largest absolute Gasteiger partial charge is 0.456 e. The Bertz CT molecular complexity index is 1040. The molecule has 32 heavy (non-hydrogen) atoms. The minimum atomic E-state index is -0.723. The zero-order valence-electron chi connectivity index (χ0n) is 17.8. The predicted octanol–water partition coefficient (Wildman–Crippen LogP) is 2.62. The van der Waals surface area contributed by atoms with Gasteiger partial charge in [-0.3, -0.25) is 14.5 Å². The lowest BCUT2D eigenvalue weighted by molar-refractivity contribution is -0.153. The summed E-state index contributed by atoms with van der Waals surface area (Å²) in [5.74, 6) is -1.16. The molecule has 0 bridgehead atoms. The number of nitrogens with one attached hydrogen (secondary N) is 1. The van der Waals surface area contributed by atoms with E-state index < -0.39 is 22.8 Å². The fraction of sp³-hybridized carbons (Fsp3) is 0.292. The molecule has 2 aromatic carbocycles. The summed E-state index contributed by atoms with van der Waals surface area (Å²) in [7, 11) is 1.55. The van der Waals surface area contributed by atoms with Gasteiger partial charge in [-0.05, 0) is 23.6 Å². The third kappa shape index (κ3) is 4.42. The lowest BCUT2D eigenvalue weighted by Gasteiger charge is -2.51. The van der Waals surface area contributed by atoms with Crippen LogP contribution in [-0.4, -0.2) is 46.6 Å². The molecule has 7 nitrogen and oxygen atoms in total. The molecule has 4 rings (SSSR count). The summed E-state index contributed by atoms with van der Waals surface area (Å²) < 4.78 is 11.0. The van der Waals surface area contributed by atoms with Gasteiger partial charge in [-0.15, -0.1) is 0 Å². The quantitative estimate of drug-likeness (QED) is 0.514. The zero-order valence-corrected chi connectivity index (χ0v) is 18.6. The number of amides is 2. The number of hydrogen-bond acceptors (Lipinski definition) is 6. The van der Waals surface area contributed by atoms with Gasteiger partial charge in [0.25, 0.3) is 5.91 Å². The highest BCUT2D eigenvalue weighted by atomic mass is 32.2. The topological polar surface area (TPSA) is 84.9 Å². The van der Waals surface area contributed by atoms with Gasteiger partial charge in [-0.1, -0.05) is 72.4 Å².